The van der Waals surface area contributed by atoms with Crippen LogP contribution in [0.4, 0.5) is 4.39 Å². The monoisotopic (exact) mass is 454 g/mol. The summed E-state index contributed by atoms with van der Waals surface area (Å²) in [6, 6.07) is 16.0. The van der Waals surface area contributed by atoms with Crippen molar-refractivity contribution in [3.05, 3.63) is 71.5 Å². The molecule has 0 aliphatic carbocycles. The van der Waals surface area contributed by atoms with Gasteiger partial charge in [-0.05, 0) is 55.6 Å². The molecule has 178 valence electrons. The van der Waals surface area contributed by atoms with Gasteiger partial charge in [0.1, 0.15) is 5.82 Å². The topological polar surface area (TPSA) is 64.7 Å². The highest BCUT2D eigenvalue weighted by Crippen LogP contribution is 2.09. The second kappa shape index (κ2) is 13.7. The zero-order chi connectivity index (χ0) is 23.3. The average molecular weight is 455 g/mol. The van der Waals surface area contributed by atoms with Crippen molar-refractivity contribution in [2.45, 2.75) is 32.2 Å². The van der Waals surface area contributed by atoms with Gasteiger partial charge in [-0.3, -0.25) is 14.5 Å². The lowest BCUT2D eigenvalue weighted by Gasteiger charge is -2.34. The molecule has 1 heterocycles. The van der Waals surface area contributed by atoms with Crippen LogP contribution >= 0.6 is 0 Å². The SMILES string of the molecule is O=C(CCCNC(=O)c1ccc(F)cc1)NCCCCN1CCN(Cc2ccccc2)CC1. The number of nitrogens with zero attached hydrogens (tertiary/aromatic N) is 2. The number of piperazine rings is 1. The van der Waals surface area contributed by atoms with Gasteiger partial charge in [-0.2, -0.15) is 0 Å². The van der Waals surface area contributed by atoms with Crippen LogP contribution in [0.3, 0.4) is 0 Å². The molecule has 0 saturated carbocycles. The Labute approximate surface area is 196 Å². The number of carbonyl (C=O) groups is 2. The summed E-state index contributed by atoms with van der Waals surface area (Å²) >= 11 is 0. The molecule has 2 N–H and O–H groups in total. The number of benzene rings is 2. The summed E-state index contributed by atoms with van der Waals surface area (Å²) in [4.78, 5) is 28.9. The van der Waals surface area contributed by atoms with Crippen LogP contribution in [0.1, 0.15) is 41.6 Å². The van der Waals surface area contributed by atoms with E-state index in [0.29, 0.717) is 31.5 Å². The molecule has 0 unspecified atom stereocenters. The third-order valence-electron chi connectivity index (χ3n) is 5.91. The van der Waals surface area contributed by atoms with Gasteiger partial charge in [0.2, 0.25) is 5.91 Å². The zero-order valence-electron chi connectivity index (χ0n) is 19.3. The predicted molar refractivity (Wildman–Crippen MR) is 128 cm³/mol. The number of hydrogen-bond donors (Lipinski definition) is 2. The van der Waals surface area contributed by atoms with Crippen LogP contribution in [-0.2, 0) is 11.3 Å². The number of nitrogens with one attached hydrogen (secondary N) is 2. The van der Waals surface area contributed by atoms with Gasteiger partial charge in [0.25, 0.3) is 5.91 Å². The number of rotatable bonds is 12. The van der Waals surface area contributed by atoms with Crippen molar-refractivity contribution in [1.29, 1.82) is 0 Å². The largest absolute Gasteiger partial charge is 0.356 e. The van der Waals surface area contributed by atoms with Crippen molar-refractivity contribution in [3.8, 4) is 0 Å². The highest BCUT2D eigenvalue weighted by molar-refractivity contribution is 5.94. The average Bonchev–Trinajstić information content (AvgIpc) is 2.83. The Morgan fingerprint density at radius 1 is 0.788 bits per heavy atom. The maximum Gasteiger partial charge on any atom is 0.251 e. The lowest BCUT2D eigenvalue weighted by Crippen LogP contribution is -2.46. The minimum absolute atomic E-state index is 0.0144. The van der Waals surface area contributed by atoms with Gasteiger partial charge in [0.05, 0.1) is 0 Å². The first-order valence-corrected chi connectivity index (χ1v) is 11.9. The van der Waals surface area contributed by atoms with Crippen molar-refractivity contribution in [3.63, 3.8) is 0 Å². The van der Waals surface area contributed by atoms with Gasteiger partial charge in [-0.15, -0.1) is 0 Å². The number of halogens is 1. The summed E-state index contributed by atoms with van der Waals surface area (Å²) in [5.41, 5.74) is 1.79. The maximum atomic E-state index is 12.9. The van der Waals surface area contributed by atoms with Crippen LogP contribution in [0.15, 0.2) is 54.6 Å². The molecule has 0 atom stereocenters. The van der Waals surface area contributed by atoms with Gasteiger partial charge >= 0.3 is 0 Å². The summed E-state index contributed by atoms with van der Waals surface area (Å²) in [5, 5.41) is 5.71. The third kappa shape index (κ3) is 9.32. The van der Waals surface area contributed by atoms with Crippen LogP contribution in [-0.4, -0.2) is 67.4 Å². The van der Waals surface area contributed by atoms with E-state index in [0.717, 1.165) is 52.1 Å². The van der Waals surface area contributed by atoms with Crippen molar-refractivity contribution in [1.82, 2.24) is 20.4 Å². The van der Waals surface area contributed by atoms with Gasteiger partial charge < -0.3 is 15.5 Å². The van der Waals surface area contributed by atoms with Crippen LogP contribution in [0.5, 0.6) is 0 Å². The normalized spacial score (nSPS) is 14.7. The number of amides is 2. The van der Waals surface area contributed by atoms with E-state index >= 15 is 0 Å². The van der Waals surface area contributed by atoms with E-state index in [-0.39, 0.29) is 17.6 Å². The van der Waals surface area contributed by atoms with E-state index in [1.807, 2.05) is 0 Å². The Kier molecular flexibility index (Phi) is 10.3. The molecule has 0 aromatic heterocycles. The minimum Gasteiger partial charge on any atom is -0.356 e. The van der Waals surface area contributed by atoms with Crippen molar-refractivity contribution in [2.75, 3.05) is 45.8 Å². The van der Waals surface area contributed by atoms with Gasteiger partial charge in [-0.1, -0.05) is 30.3 Å². The molecular weight excluding hydrogens is 419 g/mol. The lowest BCUT2D eigenvalue weighted by atomic mass is 10.2. The van der Waals surface area contributed by atoms with E-state index in [4.69, 9.17) is 0 Å². The molecule has 0 spiro atoms. The molecule has 0 bridgehead atoms. The number of carbonyl (C=O) groups excluding carboxylic acids is 2. The highest BCUT2D eigenvalue weighted by Gasteiger charge is 2.16. The molecule has 1 aliphatic rings. The fourth-order valence-electron chi connectivity index (χ4n) is 3.94. The maximum absolute atomic E-state index is 12.9. The second-order valence-electron chi connectivity index (χ2n) is 8.53. The van der Waals surface area contributed by atoms with Crippen LogP contribution in [0.2, 0.25) is 0 Å². The molecule has 1 fully saturated rings. The standard InChI is InChI=1S/C26H35FN4O2/c27-24-12-10-23(11-13-24)26(33)29-15-6-9-25(32)28-14-4-5-16-30-17-19-31(20-18-30)21-22-7-2-1-3-8-22/h1-3,7-8,10-13H,4-6,9,14-21H2,(H,28,32)(H,29,33). The molecule has 1 saturated heterocycles. The van der Waals surface area contributed by atoms with E-state index in [9.17, 15) is 14.0 Å². The van der Waals surface area contributed by atoms with Crippen LogP contribution in [0.25, 0.3) is 0 Å². The first kappa shape index (κ1) is 24.9. The summed E-state index contributed by atoms with van der Waals surface area (Å²) in [6.07, 6.45) is 3.00. The van der Waals surface area contributed by atoms with Crippen LogP contribution < -0.4 is 10.6 Å². The summed E-state index contributed by atoms with van der Waals surface area (Å²) in [6.45, 7) is 7.61. The smallest absolute Gasteiger partial charge is 0.251 e. The number of hydrogen-bond acceptors (Lipinski definition) is 4. The first-order valence-electron chi connectivity index (χ1n) is 11.9. The summed E-state index contributed by atoms with van der Waals surface area (Å²) < 4.78 is 12.9. The molecule has 33 heavy (non-hydrogen) atoms. The Hall–Kier alpha value is -2.77. The van der Waals surface area contributed by atoms with Crippen molar-refractivity contribution >= 4 is 11.8 Å². The van der Waals surface area contributed by atoms with Gasteiger partial charge in [-0.25, -0.2) is 4.39 Å². The highest BCUT2D eigenvalue weighted by atomic mass is 19.1. The molecule has 2 aromatic rings. The Bertz CT molecular complexity index is 852. The quantitative estimate of drug-likeness (QED) is 0.484. The first-order chi connectivity index (χ1) is 16.1. The Morgan fingerprint density at radius 3 is 2.18 bits per heavy atom. The molecule has 3 rings (SSSR count). The van der Waals surface area contributed by atoms with E-state index in [1.165, 1.54) is 29.8 Å². The summed E-state index contributed by atoms with van der Waals surface area (Å²) in [5.74, 6) is -0.610. The predicted octanol–water partition coefficient (Wildman–Crippen LogP) is 3.05. The van der Waals surface area contributed by atoms with Crippen LogP contribution in [0, 0.1) is 5.82 Å². The van der Waals surface area contributed by atoms with Gasteiger partial charge in [0.15, 0.2) is 0 Å². The third-order valence-corrected chi connectivity index (χ3v) is 5.91. The fourth-order valence-corrected chi connectivity index (χ4v) is 3.94. The Balaban J connectivity index is 1.16. The van der Waals surface area contributed by atoms with Crippen molar-refractivity contribution in [2.24, 2.45) is 0 Å². The van der Waals surface area contributed by atoms with Gasteiger partial charge in [0, 0.05) is 57.8 Å². The fraction of sp³-hybridized carbons (Fsp3) is 0.462. The molecule has 2 aromatic carbocycles. The lowest BCUT2D eigenvalue weighted by molar-refractivity contribution is -0.121. The summed E-state index contributed by atoms with van der Waals surface area (Å²) in [7, 11) is 0. The minimum atomic E-state index is -0.371. The molecule has 6 nitrogen and oxygen atoms in total. The van der Waals surface area contributed by atoms with E-state index in [2.05, 4.69) is 50.8 Å². The molecule has 1 aliphatic heterocycles. The molecule has 7 heteroatoms. The van der Waals surface area contributed by atoms with E-state index < -0.39 is 0 Å². The van der Waals surface area contributed by atoms with E-state index in [1.54, 1.807) is 0 Å². The second-order valence-corrected chi connectivity index (χ2v) is 8.53. The zero-order valence-corrected chi connectivity index (χ0v) is 19.3. The Morgan fingerprint density at radius 2 is 1.45 bits per heavy atom. The van der Waals surface area contributed by atoms with Crippen molar-refractivity contribution < 1.29 is 14.0 Å². The molecule has 2 amide bonds. The molecule has 0 radical (unpaired) electrons. The number of unbranched alkanes of at least 4 members (excludes halogenated alkanes) is 1. The molecular formula is C26H35FN4O2.